The molecule has 0 heterocycles. The highest BCUT2D eigenvalue weighted by atomic mass is 31.2. The maximum Gasteiger partial charge on any atom is 0.472 e. The van der Waals surface area contributed by atoms with E-state index in [9.17, 15) is 39.2 Å². The number of hydrogen-bond acceptors (Lipinski definition) is 12. The van der Waals surface area contributed by atoms with E-state index in [0.29, 0.717) is 12.8 Å². The van der Waals surface area contributed by atoms with Crippen LogP contribution in [0.25, 0.3) is 0 Å². The van der Waals surface area contributed by atoms with Crippen LogP contribution in [0, 0.1) is 0 Å². The first kappa shape index (κ1) is 59.0. The van der Waals surface area contributed by atoms with Gasteiger partial charge in [0.25, 0.3) is 0 Å². The average molecular weight is 906 g/mol. The van der Waals surface area contributed by atoms with Crippen molar-refractivity contribution in [2.45, 2.75) is 153 Å². The second kappa shape index (κ2) is 40.8. The van der Waals surface area contributed by atoms with Gasteiger partial charge in [0.1, 0.15) is 12.6 Å². The summed E-state index contributed by atoms with van der Waals surface area (Å²) in [6, 6.07) is -1.58. The van der Waals surface area contributed by atoms with Crippen molar-refractivity contribution in [2.24, 2.45) is 5.73 Å². The highest BCUT2D eigenvalue weighted by Crippen LogP contribution is 2.43. The monoisotopic (exact) mass is 906 g/mol. The van der Waals surface area contributed by atoms with Crippen LogP contribution in [0.4, 0.5) is 0 Å². The molecular weight excluding hydrogens is 829 g/mol. The van der Waals surface area contributed by atoms with E-state index in [1.54, 1.807) is 42.5 Å². The van der Waals surface area contributed by atoms with Gasteiger partial charge in [0.2, 0.25) is 0 Å². The smallest absolute Gasteiger partial charge is 0.472 e. The molecule has 0 fully saturated rings. The molecule has 0 rings (SSSR count). The number of aliphatic hydroxyl groups is 3. The summed E-state index contributed by atoms with van der Waals surface area (Å²) in [6.45, 7) is 2.18. The fourth-order valence-corrected chi connectivity index (χ4v) is 5.99. The lowest BCUT2D eigenvalue weighted by molar-refractivity contribution is -0.161. The van der Waals surface area contributed by atoms with Gasteiger partial charge in [-0.3, -0.25) is 23.4 Å². The van der Waals surface area contributed by atoms with E-state index in [-0.39, 0.29) is 25.7 Å². The normalized spacial score (nSPS) is 16.2. The third-order valence-electron chi connectivity index (χ3n) is 8.85. The van der Waals surface area contributed by atoms with Crippen LogP contribution in [-0.4, -0.2) is 93.5 Å². The van der Waals surface area contributed by atoms with Gasteiger partial charge in [-0.05, 0) is 77.0 Å². The Bertz CT molecular complexity index is 1530. The van der Waals surface area contributed by atoms with Crippen molar-refractivity contribution >= 4 is 25.7 Å². The molecule has 0 aliphatic carbocycles. The Morgan fingerprint density at radius 3 is 1.79 bits per heavy atom. The topological polar surface area (TPSA) is 232 Å². The number of phosphoric acid groups is 1. The van der Waals surface area contributed by atoms with Gasteiger partial charge < -0.3 is 40.5 Å². The fourth-order valence-electron chi connectivity index (χ4n) is 5.21. The Labute approximate surface area is 375 Å². The summed E-state index contributed by atoms with van der Waals surface area (Å²) in [7, 11) is -4.82. The molecule has 6 atom stereocenters. The summed E-state index contributed by atoms with van der Waals surface area (Å²) < 4.78 is 32.4. The number of rotatable bonds is 39. The quantitative estimate of drug-likeness (QED) is 0.0111. The highest BCUT2D eigenvalue weighted by Gasteiger charge is 2.28. The summed E-state index contributed by atoms with van der Waals surface area (Å²) in [5.41, 5.74) is 5.31. The number of esters is 2. The summed E-state index contributed by atoms with van der Waals surface area (Å²) in [4.78, 5) is 46.1. The number of nitrogens with two attached hydrogens (primary N) is 1. The van der Waals surface area contributed by atoms with Gasteiger partial charge in [0.05, 0.1) is 31.5 Å². The molecule has 0 saturated carbocycles. The first-order chi connectivity index (χ1) is 30.3. The Balaban J connectivity index is 4.75. The van der Waals surface area contributed by atoms with Gasteiger partial charge in [-0.1, -0.05) is 142 Å². The van der Waals surface area contributed by atoms with Crippen molar-refractivity contribution in [1.82, 2.24) is 0 Å². The lowest BCUT2D eigenvalue weighted by Gasteiger charge is -2.20. The molecule has 15 heteroatoms. The van der Waals surface area contributed by atoms with Crippen molar-refractivity contribution in [3.63, 3.8) is 0 Å². The zero-order chi connectivity index (χ0) is 46.8. The van der Waals surface area contributed by atoms with Gasteiger partial charge in [-0.2, -0.15) is 0 Å². The van der Waals surface area contributed by atoms with Crippen LogP contribution in [0.1, 0.15) is 123 Å². The predicted molar refractivity (Wildman–Crippen MR) is 248 cm³/mol. The summed E-state index contributed by atoms with van der Waals surface area (Å²) >= 11 is 0. The molecule has 0 aliphatic rings. The van der Waals surface area contributed by atoms with Crippen LogP contribution in [0.2, 0.25) is 0 Å². The summed E-state index contributed by atoms with van der Waals surface area (Å²) in [5.74, 6) is -2.81. The molecule has 0 radical (unpaired) electrons. The Hall–Kier alpha value is -3.98. The third-order valence-corrected chi connectivity index (χ3v) is 9.80. The van der Waals surface area contributed by atoms with Gasteiger partial charge in [0, 0.05) is 12.8 Å². The Morgan fingerprint density at radius 2 is 1.19 bits per heavy atom. The van der Waals surface area contributed by atoms with Crippen LogP contribution >= 0.6 is 7.82 Å². The first-order valence-corrected chi connectivity index (χ1v) is 23.7. The van der Waals surface area contributed by atoms with Crippen LogP contribution < -0.4 is 5.73 Å². The van der Waals surface area contributed by atoms with Crippen molar-refractivity contribution in [2.75, 3.05) is 19.8 Å². The molecule has 0 spiro atoms. The summed E-state index contributed by atoms with van der Waals surface area (Å²) in [6.07, 6.45) is 42.4. The Morgan fingerprint density at radius 1 is 0.635 bits per heavy atom. The number of ether oxygens (including phenoxy) is 2. The zero-order valence-electron chi connectivity index (χ0n) is 37.4. The molecule has 0 amide bonds. The molecular formula is C48H76NO13P. The molecule has 7 N–H and O–H groups in total. The number of carbonyl (C=O) groups excluding carboxylic acids is 2. The molecule has 356 valence electrons. The second-order valence-electron chi connectivity index (χ2n) is 14.7. The van der Waals surface area contributed by atoms with Crippen molar-refractivity contribution in [3.05, 3.63) is 109 Å². The van der Waals surface area contributed by atoms with Crippen LogP contribution in [-0.2, 0) is 37.5 Å². The van der Waals surface area contributed by atoms with Gasteiger partial charge in [0.15, 0.2) is 6.10 Å². The average Bonchev–Trinajstić information content (AvgIpc) is 3.25. The number of carbonyl (C=O) groups is 3. The molecule has 0 saturated heterocycles. The fraction of sp³-hybridized carbons (Fsp3) is 0.562. The van der Waals surface area contributed by atoms with E-state index in [0.717, 1.165) is 51.4 Å². The SMILES string of the molecule is CC/C=C\C[C@@H](O)/C=C/C=C/C=C\C=C/[C@H](O)[C@@H](O)CCCC(=O)OC[C@H](COP(=O)(O)OC[C@H](N)C(=O)O)OC(=O)CCCCC/C=C\C/C=C\C/C=C\C/C=C\CCCCC. The van der Waals surface area contributed by atoms with Crippen LogP contribution in [0.3, 0.4) is 0 Å². The van der Waals surface area contributed by atoms with Crippen LogP contribution in [0.15, 0.2) is 109 Å². The second-order valence-corrected chi connectivity index (χ2v) is 16.1. The molecule has 0 aliphatic heterocycles. The van der Waals surface area contributed by atoms with Crippen molar-refractivity contribution in [3.8, 4) is 0 Å². The minimum absolute atomic E-state index is 0.0424. The number of phosphoric ester groups is 1. The minimum Gasteiger partial charge on any atom is -0.480 e. The molecule has 14 nitrogen and oxygen atoms in total. The maximum atomic E-state index is 12.6. The van der Waals surface area contributed by atoms with E-state index in [1.807, 2.05) is 19.1 Å². The summed E-state index contributed by atoms with van der Waals surface area (Å²) in [5, 5.41) is 39.3. The minimum atomic E-state index is -4.82. The number of hydrogen-bond donors (Lipinski definition) is 6. The largest absolute Gasteiger partial charge is 0.480 e. The van der Waals surface area contributed by atoms with E-state index in [1.165, 1.54) is 25.3 Å². The molecule has 0 aromatic heterocycles. The molecule has 0 aromatic carbocycles. The molecule has 0 aromatic rings. The zero-order valence-corrected chi connectivity index (χ0v) is 38.3. The predicted octanol–water partition coefficient (Wildman–Crippen LogP) is 8.75. The van der Waals surface area contributed by atoms with Gasteiger partial charge in [-0.25, -0.2) is 4.57 Å². The number of unbranched alkanes of at least 4 members (excludes halogenated alkanes) is 6. The molecule has 1 unspecified atom stereocenters. The molecule has 63 heavy (non-hydrogen) atoms. The standard InChI is InChI=1S/C48H76NO13P/c1-3-5-7-8-9-10-11-12-13-14-15-16-17-18-19-20-21-26-30-36-47(54)62-42(39-60-63(57,58)61-40-43(49)48(55)56)38-59-46(53)37-31-35-45(52)44(51)34-29-25-23-22-24-28-33-41(50)32-27-6-4-2/h6,9-10,12-13,15-16,18-19,22-25,27-29,33-34,41-45,50-52H,3-5,7-8,11,14,17,20-21,26,30-32,35-40,49H2,1-2H3,(H,55,56)(H,57,58)/b10-9-,13-12-,16-15-,19-18-,24-22+,25-23-,27-6-,33-28+,34-29-/t41-,42-,43+,44+,45+/m1/s1. The first-order valence-electron chi connectivity index (χ1n) is 22.2. The third kappa shape index (κ3) is 39.4. The van der Waals surface area contributed by atoms with Crippen LogP contribution in [0.5, 0.6) is 0 Å². The van der Waals surface area contributed by atoms with Crippen molar-refractivity contribution in [1.29, 1.82) is 0 Å². The number of aliphatic hydroxyl groups excluding tert-OH is 3. The highest BCUT2D eigenvalue weighted by molar-refractivity contribution is 7.47. The number of carboxylic acid groups (broad SMARTS) is 1. The van der Waals surface area contributed by atoms with Gasteiger partial charge in [-0.15, -0.1) is 0 Å². The van der Waals surface area contributed by atoms with Gasteiger partial charge >= 0.3 is 25.7 Å². The van der Waals surface area contributed by atoms with E-state index in [2.05, 4.69) is 60.1 Å². The lowest BCUT2D eigenvalue weighted by Crippen LogP contribution is -2.34. The lowest BCUT2D eigenvalue weighted by atomic mass is 10.1. The Kier molecular flexibility index (Phi) is 38.2. The van der Waals surface area contributed by atoms with Crippen molar-refractivity contribution < 1.29 is 62.8 Å². The maximum absolute atomic E-state index is 12.6. The molecule has 0 bridgehead atoms. The number of allylic oxidation sites excluding steroid dienone is 15. The van der Waals surface area contributed by atoms with E-state index < -0.39 is 76.0 Å². The number of aliphatic carboxylic acids is 1. The van der Waals surface area contributed by atoms with E-state index >= 15 is 0 Å². The van der Waals surface area contributed by atoms with E-state index in [4.69, 9.17) is 24.8 Å². The number of carboxylic acids is 1.